The van der Waals surface area contributed by atoms with Crippen LogP contribution in [0, 0.1) is 0 Å². The number of carboxylic acids is 2. The summed E-state index contributed by atoms with van der Waals surface area (Å²) in [6.07, 6.45) is 0. The SMILES string of the molecule is O.O=C([O-])c1cc(-c2cc(C(=O)[O-])c3ccccc3n2)nc2ccccc12.[Na+].[Na+]. The Morgan fingerprint density at radius 1 is 0.655 bits per heavy atom. The van der Waals surface area contributed by atoms with Crippen molar-refractivity contribution in [1.29, 1.82) is 0 Å². The number of aromatic carboxylic acids is 2. The van der Waals surface area contributed by atoms with E-state index in [0.29, 0.717) is 21.8 Å². The van der Waals surface area contributed by atoms with E-state index in [-0.39, 0.29) is 87.1 Å². The number of fused-ring (bicyclic) bond motifs is 2. The number of nitrogens with zero attached hydrogens (tertiary/aromatic N) is 2. The van der Waals surface area contributed by atoms with Gasteiger partial charge in [-0.3, -0.25) is 0 Å². The summed E-state index contributed by atoms with van der Waals surface area (Å²) in [6, 6.07) is 16.2. The zero-order valence-corrected chi connectivity index (χ0v) is 19.8. The molecule has 0 fully saturated rings. The van der Waals surface area contributed by atoms with Crippen molar-refractivity contribution < 1.29 is 84.4 Å². The number of carbonyl (C=O) groups excluding carboxylic acids is 2. The second-order valence-corrected chi connectivity index (χ2v) is 5.72. The maximum atomic E-state index is 11.5. The van der Waals surface area contributed by atoms with Crippen LogP contribution in [-0.4, -0.2) is 27.4 Å². The Bertz CT molecular complexity index is 1120. The fourth-order valence-electron chi connectivity index (χ4n) is 2.95. The molecule has 0 aliphatic carbocycles. The summed E-state index contributed by atoms with van der Waals surface area (Å²) in [5, 5.41) is 23.9. The summed E-state index contributed by atoms with van der Waals surface area (Å²) in [7, 11) is 0. The molecule has 0 amide bonds. The molecule has 29 heavy (non-hydrogen) atoms. The van der Waals surface area contributed by atoms with Crippen LogP contribution in [0.5, 0.6) is 0 Å². The molecule has 0 aliphatic rings. The Morgan fingerprint density at radius 2 is 1.00 bits per heavy atom. The molecule has 0 radical (unpaired) electrons. The van der Waals surface area contributed by atoms with E-state index in [4.69, 9.17) is 0 Å². The van der Waals surface area contributed by atoms with E-state index < -0.39 is 11.9 Å². The maximum Gasteiger partial charge on any atom is 1.00 e. The van der Waals surface area contributed by atoms with Crippen LogP contribution >= 0.6 is 0 Å². The van der Waals surface area contributed by atoms with E-state index in [1.54, 1.807) is 48.5 Å². The van der Waals surface area contributed by atoms with Crippen molar-refractivity contribution in [2.75, 3.05) is 0 Å². The molecule has 2 aromatic carbocycles. The Hall–Kier alpha value is -1.84. The van der Waals surface area contributed by atoms with E-state index >= 15 is 0 Å². The van der Waals surface area contributed by atoms with E-state index in [9.17, 15) is 19.8 Å². The van der Waals surface area contributed by atoms with E-state index in [1.165, 1.54) is 12.1 Å². The fourth-order valence-corrected chi connectivity index (χ4v) is 2.95. The number of hydrogen-bond acceptors (Lipinski definition) is 6. The summed E-state index contributed by atoms with van der Waals surface area (Å²) >= 11 is 0. The van der Waals surface area contributed by atoms with E-state index in [1.807, 2.05) is 0 Å². The molecule has 0 spiro atoms. The summed E-state index contributed by atoms with van der Waals surface area (Å²) in [5.41, 5.74) is 1.33. The van der Waals surface area contributed by atoms with Gasteiger partial charge in [-0.05, 0) is 24.3 Å². The monoisotopic (exact) mass is 406 g/mol. The second-order valence-electron chi connectivity index (χ2n) is 5.72. The average molecular weight is 406 g/mol. The van der Waals surface area contributed by atoms with Gasteiger partial charge in [-0.15, -0.1) is 0 Å². The number of pyridine rings is 2. The molecule has 0 atom stereocenters. The van der Waals surface area contributed by atoms with Gasteiger partial charge < -0.3 is 25.3 Å². The Balaban J connectivity index is 0.00000140. The van der Waals surface area contributed by atoms with Crippen LogP contribution in [0.15, 0.2) is 60.7 Å². The number of carboxylic acid groups (broad SMARTS) is 2. The second kappa shape index (κ2) is 10.3. The molecule has 0 saturated carbocycles. The summed E-state index contributed by atoms with van der Waals surface area (Å²) in [5.74, 6) is -2.68. The quantitative estimate of drug-likeness (QED) is 0.311. The molecule has 0 aliphatic heterocycles. The van der Waals surface area contributed by atoms with Gasteiger partial charge in [-0.2, -0.15) is 0 Å². The molecular formula is C20H12N2Na2O5. The molecule has 0 bridgehead atoms. The van der Waals surface area contributed by atoms with Gasteiger partial charge in [0, 0.05) is 21.9 Å². The molecule has 0 unspecified atom stereocenters. The number of benzene rings is 2. The topological polar surface area (TPSA) is 138 Å². The molecule has 2 heterocycles. The smallest absolute Gasteiger partial charge is 0.545 e. The number of para-hydroxylation sites is 2. The van der Waals surface area contributed by atoms with Gasteiger partial charge in [0.05, 0.1) is 34.4 Å². The first-order valence-corrected chi connectivity index (χ1v) is 7.77. The van der Waals surface area contributed by atoms with Gasteiger partial charge in [0.15, 0.2) is 0 Å². The summed E-state index contributed by atoms with van der Waals surface area (Å²) < 4.78 is 0. The third kappa shape index (κ3) is 4.84. The molecule has 9 heteroatoms. The van der Waals surface area contributed by atoms with Crippen molar-refractivity contribution in [3.05, 3.63) is 71.8 Å². The number of carbonyl (C=O) groups is 2. The minimum absolute atomic E-state index is 0. The molecule has 7 nitrogen and oxygen atoms in total. The molecule has 2 N–H and O–H groups in total. The number of rotatable bonds is 3. The predicted molar refractivity (Wildman–Crippen MR) is 94.8 cm³/mol. The number of aromatic nitrogens is 2. The third-order valence-electron chi connectivity index (χ3n) is 4.13. The van der Waals surface area contributed by atoms with E-state index in [0.717, 1.165) is 0 Å². The van der Waals surface area contributed by atoms with Crippen LogP contribution in [0.25, 0.3) is 33.2 Å². The minimum Gasteiger partial charge on any atom is -0.545 e. The molecular weight excluding hydrogens is 394 g/mol. The van der Waals surface area contributed by atoms with Gasteiger partial charge in [-0.25, -0.2) is 9.97 Å². The molecule has 4 aromatic rings. The van der Waals surface area contributed by atoms with Crippen molar-refractivity contribution in [1.82, 2.24) is 9.97 Å². The molecule has 134 valence electrons. The first-order valence-electron chi connectivity index (χ1n) is 7.77. The van der Waals surface area contributed by atoms with Crippen LogP contribution in [-0.2, 0) is 0 Å². The van der Waals surface area contributed by atoms with E-state index in [2.05, 4.69) is 9.97 Å². The van der Waals surface area contributed by atoms with Crippen molar-refractivity contribution in [3.63, 3.8) is 0 Å². The third-order valence-corrected chi connectivity index (χ3v) is 4.13. The summed E-state index contributed by atoms with van der Waals surface area (Å²) in [6.45, 7) is 0. The zero-order valence-electron chi connectivity index (χ0n) is 15.8. The normalized spacial score (nSPS) is 9.79. The van der Waals surface area contributed by atoms with Crippen molar-refractivity contribution in [3.8, 4) is 11.4 Å². The van der Waals surface area contributed by atoms with Crippen molar-refractivity contribution >= 4 is 33.7 Å². The Labute approximate surface area is 209 Å². The first kappa shape index (κ1) is 25.2. The van der Waals surface area contributed by atoms with Crippen LogP contribution in [0.2, 0.25) is 0 Å². The summed E-state index contributed by atoms with van der Waals surface area (Å²) in [4.78, 5) is 31.9. The van der Waals surface area contributed by atoms with Gasteiger partial charge >= 0.3 is 59.1 Å². The van der Waals surface area contributed by atoms with Crippen LogP contribution in [0.4, 0.5) is 0 Å². The maximum absolute atomic E-state index is 11.5. The van der Waals surface area contributed by atoms with Gasteiger partial charge in [0.1, 0.15) is 0 Å². The molecule has 4 rings (SSSR count). The standard InChI is InChI=1S/C20H12N2O4.2Na.H2O/c23-19(24)13-9-17(21-15-7-3-1-5-11(13)15)18-10-14(20(25)26)12-6-2-4-8-16(12)22-18;;;/h1-10H,(H,23,24)(H,25,26);;;1H2/q;2*+1;/p-2. The fraction of sp³-hybridized carbons (Fsp3) is 0. The largest absolute Gasteiger partial charge is 1.00 e. The number of hydrogen-bond donors (Lipinski definition) is 0. The minimum atomic E-state index is -1.34. The molecule has 2 aromatic heterocycles. The Kier molecular flexibility index (Phi) is 8.92. The Morgan fingerprint density at radius 3 is 1.34 bits per heavy atom. The first-order chi connectivity index (χ1) is 12.5. The molecule has 0 saturated heterocycles. The van der Waals surface area contributed by atoms with Crippen LogP contribution in [0.1, 0.15) is 20.7 Å². The predicted octanol–water partition coefficient (Wildman–Crippen LogP) is -5.64. The average Bonchev–Trinajstić information content (AvgIpc) is 2.66. The van der Waals surface area contributed by atoms with Gasteiger partial charge in [-0.1, -0.05) is 36.4 Å². The van der Waals surface area contributed by atoms with Crippen molar-refractivity contribution in [2.45, 2.75) is 0 Å². The van der Waals surface area contributed by atoms with Gasteiger partial charge in [0.2, 0.25) is 0 Å². The van der Waals surface area contributed by atoms with Crippen LogP contribution in [0.3, 0.4) is 0 Å². The zero-order chi connectivity index (χ0) is 18.3. The van der Waals surface area contributed by atoms with Gasteiger partial charge in [0.25, 0.3) is 0 Å². The van der Waals surface area contributed by atoms with Crippen molar-refractivity contribution in [2.24, 2.45) is 0 Å². The van der Waals surface area contributed by atoms with Crippen LogP contribution < -0.4 is 69.3 Å².